The van der Waals surface area contributed by atoms with Crippen LogP contribution in [0.1, 0.15) is 56.6 Å². The highest BCUT2D eigenvalue weighted by atomic mass is 15.2. The smallest absolute Gasteiger partial charge is 0.0475 e. The summed E-state index contributed by atoms with van der Waals surface area (Å²) in [6.45, 7) is 2.44. The molecule has 1 aliphatic heterocycles. The van der Waals surface area contributed by atoms with Crippen molar-refractivity contribution < 1.29 is 0 Å². The van der Waals surface area contributed by atoms with Crippen LogP contribution in [0.5, 0.6) is 0 Å². The first-order valence-electron chi connectivity index (χ1n) is 8.96. The predicted octanol–water partition coefficient (Wildman–Crippen LogP) is 3.74. The molecule has 114 valence electrons. The molecule has 2 aliphatic carbocycles. The van der Waals surface area contributed by atoms with Crippen molar-refractivity contribution in [2.45, 2.75) is 63.1 Å². The van der Waals surface area contributed by atoms with Crippen LogP contribution >= 0.6 is 0 Å². The third kappa shape index (κ3) is 3.02. The number of benzene rings is 1. The Morgan fingerprint density at radius 3 is 2.62 bits per heavy atom. The molecule has 1 saturated heterocycles. The minimum Gasteiger partial charge on any atom is -0.312 e. The lowest BCUT2D eigenvalue weighted by molar-refractivity contribution is 0.0661. The number of nitrogens with one attached hydrogen (secondary N) is 1. The molecule has 1 aromatic carbocycles. The van der Waals surface area contributed by atoms with Crippen molar-refractivity contribution in [2.75, 3.05) is 13.1 Å². The van der Waals surface area contributed by atoms with Gasteiger partial charge >= 0.3 is 0 Å². The van der Waals surface area contributed by atoms with E-state index in [-0.39, 0.29) is 0 Å². The van der Waals surface area contributed by atoms with Gasteiger partial charge in [0.15, 0.2) is 0 Å². The molecule has 2 nitrogen and oxygen atoms in total. The number of nitrogens with zero attached hydrogens (tertiary/aromatic N) is 1. The summed E-state index contributed by atoms with van der Waals surface area (Å²) >= 11 is 0. The summed E-state index contributed by atoms with van der Waals surface area (Å²) in [5.41, 5.74) is 1.51. The molecule has 4 rings (SSSR count). The van der Waals surface area contributed by atoms with Crippen LogP contribution < -0.4 is 5.32 Å². The molecule has 0 bridgehead atoms. The second-order valence-corrected chi connectivity index (χ2v) is 7.25. The maximum absolute atomic E-state index is 3.79. The quantitative estimate of drug-likeness (QED) is 0.886. The van der Waals surface area contributed by atoms with Crippen LogP contribution in [-0.4, -0.2) is 30.1 Å². The van der Waals surface area contributed by atoms with Gasteiger partial charge in [-0.05, 0) is 56.6 Å². The van der Waals surface area contributed by atoms with E-state index in [0.717, 1.165) is 24.5 Å². The molecule has 1 N–H and O–H groups in total. The summed E-state index contributed by atoms with van der Waals surface area (Å²) in [7, 11) is 0. The highest BCUT2D eigenvalue weighted by molar-refractivity contribution is 5.20. The van der Waals surface area contributed by atoms with Crippen LogP contribution in [-0.2, 0) is 0 Å². The first-order valence-corrected chi connectivity index (χ1v) is 8.96. The molecule has 0 spiro atoms. The lowest BCUT2D eigenvalue weighted by atomic mass is 9.89. The van der Waals surface area contributed by atoms with Crippen molar-refractivity contribution >= 4 is 0 Å². The van der Waals surface area contributed by atoms with E-state index in [4.69, 9.17) is 0 Å². The van der Waals surface area contributed by atoms with E-state index in [0.29, 0.717) is 6.04 Å². The Morgan fingerprint density at radius 2 is 1.81 bits per heavy atom. The molecule has 2 saturated carbocycles. The Balaban J connectivity index is 1.55. The fourth-order valence-corrected chi connectivity index (χ4v) is 4.55. The van der Waals surface area contributed by atoms with E-state index in [1.54, 1.807) is 0 Å². The molecule has 3 aliphatic rings. The summed E-state index contributed by atoms with van der Waals surface area (Å²) in [6, 6.07) is 13.5. The minimum absolute atomic E-state index is 0.581. The Bertz CT molecular complexity index is 454. The van der Waals surface area contributed by atoms with E-state index in [1.165, 1.54) is 57.1 Å². The molecular formula is C19H28N2. The molecule has 3 unspecified atom stereocenters. The van der Waals surface area contributed by atoms with E-state index in [1.807, 2.05) is 0 Å². The third-order valence-electron chi connectivity index (χ3n) is 5.80. The van der Waals surface area contributed by atoms with Crippen LogP contribution in [0.15, 0.2) is 30.3 Å². The Kier molecular flexibility index (Phi) is 4.00. The SMILES string of the molecule is c1ccc(C(CNC2CC2)N2CCCC3CCCC32)cc1. The van der Waals surface area contributed by atoms with Gasteiger partial charge in [0.25, 0.3) is 0 Å². The number of fused-ring (bicyclic) bond motifs is 1. The van der Waals surface area contributed by atoms with Gasteiger partial charge in [0.05, 0.1) is 0 Å². The van der Waals surface area contributed by atoms with Crippen molar-refractivity contribution in [3.8, 4) is 0 Å². The molecular weight excluding hydrogens is 256 g/mol. The first kappa shape index (κ1) is 13.8. The van der Waals surface area contributed by atoms with Gasteiger partial charge in [-0.25, -0.2) is 0 Å². The lowest BCUT2D eigenvalue weighted by Crippen LogP contribution is -2.47. The molecule has 3 fully saturated rings. The largest absolute Gasteiger partial charge is 0.312 e. The second-order valence-electron chi connectivity index (χ2n) is 7.25. The second kappa shape index (κ2) is 6.10. The molecule has 21 heavy (non-hydrogen) atoms. The highest BCUT2D eigenvalue weighted by Gasteiger charge is 2.38. The Morgan fingerprint density at radius 1 is 1.00 bits per heavy atom. The van der Waals surface area contributed by atoms with Gasteiger partial charge in [0.2, 0.25) is 0 Å². The van der Waals surface area contributed by atoms with Crippen LogP contribution in [0.3, 0.4) is 0 Å². The van der Waals surface area contributed by atoms with Gasteiger partial charge in [0, 0.05) is 24.7 Å². The lowest BCUT2D eigenvalue weighted by Gasteiger charge is -2.43. The van der Waals surface area contributed by atoms with E-state index >= 15 is 0 Å². The van der Waals surface area contributed by atoms with Gasteiger partial charge in [-0.15, -0.1) is 0 Å². The van der Waals surface area contributed by atoms with E-state index < -0.39 is 0 Å². The molecule has 0 aromatic heterocycles. The van der Waals surface area contributed by atoms with Crippen molar-refractivity contribution in [1.29, 1.82) is 0 Å². The van der Waals surface area contributed by atoms with E-state index in [2.05, 4.69) is 40.5 Å². The van der Waals surface area contributed by atoms with Crippen LogP contribution in [0.4, 0.5) is 0 Å². The minimum atomic E-state index is 0.581. The number of piperidine rings is 1. The number of likely N-dealkylation sites (tertiary alicyclic amines) is 1. The average molecular weight is 284 g/mol. The zero-order valence-electron chi connectivity index (χ0n) is 13.0. The fourth-order valence-electron chi connectivity index (χ4n) is 4.55. The fraction of sp³-hybridized carbons (Fsp3) is 0.684. The molecule has 3 atom stereocenters. The summed E-state index contributed by atoms with van der Waals surface area (Å²) in [5, 5.41) is 3.79. The van der Waals surface area contributed by atoms with Gasteiger partial charge in [-0.1, -0.05) is 36.8 Å². The normalized spacial score (nSPS) is 31.0. The molecule has 1 heterocycles. The highest BCUT2D eigenvalue weighted by Crippen LogP contribution is 2.40. The maximum Gasteiger partial charge on any atom is 0.0475 e. The Labute approximate surface area is 128 Å². The zero-order chi connectivity index (χ0) is 14.1. The average Bonchev–Trinajstić information content (AvgIpc) is 3.23. The van der Waals surface area contributed by atoms with E-state index in [9.17, 15) is 0 Å². The van der Waals surface area contributed by atoms with Crippen LogP contribution in [0.2, 0.25) is 0 Å². The van der Waals surface area contributed by atoms with Gasteiger partial charge in [0.1, 0.15) is 0 Å². The number of rotatable bonds is 5. The topological polar surface area (TPSA) is 15.3 Å². The maximum atomic E-state index is 3.79. The van der Waals surface area contributed by atoms with Crippen molar-refractivity contribution in [2.24, 2.45) is 5.92 Å². The predicted molar refractivity (Wildman–Crippen MR) is 87.3 cm³/mol. The summed E-state index contributed by atoms with van der Waals surface area (Å²) in [6.07, 6.45) is 9.98. The van der Waals surface area contributed by atoms with Gasteiger partial charge in [-0.3, -0.25) is 4.90 Å². The zero-order valence-corrected chi connectivity index (χ0v) is 13.0. The summed E-state index contributed by atoms with van der Waals surface area (Å²) < 4.78 is 0. The molecule has 0 radical (unpaired) electrons. The summed E-state index contributed by atoms with van der Waals surface area (Å²) in [5.74, 6) is 0.978. The van der Waals surface area contributed by atoms with Crippen LogP contribution in [0, 0.1) is 5.92 Å². The number of hydrogen-bond donors (Lipinski definition) is 1. The monoisotopic (exact) mass is 284 g/mol. The molecule has 0 amide bonds. The molecule has 2 heteroatoms. The third-order valence-corrected chi connectivity index (χ3v) is 5.80. The summed E-state index contributed by atoms with van der Waals surface area (Å²) in [4.78, 5) is 2.85. The standard InChI is InChI=1S/C19H28N2/c1-2-6-16(7-3-1)19(14-20-17-11-12-17)21-13-5-9-15-8-4-10-18(15)21/h1-3,6-7,15,17-20H,4-5,8-14H2. The number of hydrogen-bond acceptors (Lipinski definition) is 2. The van der Waals surface area contributed by atoms with Crippen molar-refractivity contribution in [3.05, 3.63) is 35.9 Å². The van der Waals surface area contributed by atoms with Gasteiger partial charge in [-0.2, -0.15) is 0 Å². The van der Waals surface area contributed by atoms with Crippen molar-refractivity contribution in [3.63, 3.8) is 0 Å². The Hall–Kier alpha value is -0.860. The van der Waals surface area contributed by atoms with Gasteiger partial charge < -0.3 is 5.32 Å². The molecule has 1 aromatic rings. The first-order chi connectivity index (χ1) is 10.4. The van der Waals surface area contributed by atoms with Crippen LogP contribution in [0.25, 0.3) is 0 Å². The van der Waals surface area contributed by atoms with Crippen molar-refractivity contribution in [1.82, 2.24) is 10.2 Å².